The molecule has 0 unspecified atom stereocenters. The van der Waals surface area contributed by atoms with Crippen LogP contribution in [0, 0.1) is 0 Å². The molecule has 0 N–H and O–H groups in total. The second-order valence-corrected chi connectivity index (χ2v) is 23.2. The van der Waals surface area contributed by atoms with E-state index in [1.54, 1.807) is 20.8 Å². The van der Waals surface area contributed by atoms with Crippen LogP contribution in [0.15, 0.2) is 195 Å². The quantitative estimate of drug-likeness (QED) is 0.0336. The van der Waals surface area contributed by atoms with Crippen LogP contribution < -0.4 is 0 Å². The molecule has 10 rings (SSSR count). The van der Waals surface area contributed by atoms with Gasteiger partial charge in [0.25, 0.3) is 0 Å². The number of likely N-dealkylation sites (tertiary alicyclic amines) is 2. The molecule has 4 fully saturated rings. The zero-order valence-electron chi connectivity index (χ0n) is 49.7. The fourth-order valence-corrected chi connectivity index (χ4v) is 11.3. The summed E-state index contributed by atoms with van der Waals surface area (Å²) in [6.07, 6.45) is -7.10. The van der Waals surface area contributed by atoms with Crippen molar-refractivity contribution < 1.29 is 71.2 Å². The highest BCUT2D eigenvalue weighted by Gasteiger charge is 2.54. The summed E-state index contributed by atoms with van der Waals surface area (Å²) in [5.41, 5.74) is 4.82. The maximum Gasteiger partial charge on any atom is 0.411 e. The lowest BCUT2D eigenvalue weighted by Crippen LogP contribution is -2.52. The second-order valence-electron chi connectivity index (χ2n) is 23.2. The monoisotopic (exact) mass is 1190 g/mol. The number of benzene rings is 6. The third-order valence-corrected chi connectivity index (χ3v) is 15.5. The summed E-state index contributed by atoms with van der Waals surface area (Å²) < 4.78 is 78.7. The average molecular weight is 1190 g/mol. The van der Waals surface area contributed by atoms with Crippen molar-refractivity contribution in [1.29, 1.82) is 0 Å². The van der Waals surface area contributed by atoms with Crippen molar-refractivity contribution in [3.63, 3.8) is 0 Å². The zero-order chi connectivity index (χ0) is 60.4. The maximum atomic E-state index is 15.6. The van der Waals surface area contributed by atoms with E-state index in [1.165, 1.54) is 15.9 Å². The van der Waals surface area contributed by atoms with Crippen molar-refractivity contribution in [2.45, 2.75) is 152 Å². The second kappa shape index (κ2) is 31.2. The molecular formula is C70H80N2O15. The van der Waals surface area contributed by atoms with E-state index in [0.717, 1.165) is 33.4 Å². The molecule has 0 spiro atoms. The first-order chi connectivity index (χ1) is 42.4. The third kappa shape index (κ3) is 17.8. The number of carbonyl (C=O) groups excluding carboxylic acids is 3. The van der Waals surface area contributed by atoms with Gasteiger partial charge >= 0.3 is 12.1 Å². The van der Waals surface area contributed by atoms with Crippen LogP contribution in [0.2, 0.25) is 0 Å². The van der Waals surface area contributed by atoms with Gasteiger partial charge in [-0.15, -0.1) is 0 Å². The fraction of sp³-hybridized carbons (Fsp3) is 0.414. The number of rotatable bonds is 28. The number of nitrogens with zero attached hydrogens (tertiary/aromatic N) is 2. The Labute approximate surface area is 510 Å². The Hall–Kier alpha value is -7.13. The van der Waals surface area contributed by atoms with E-state index >= 15 is 4.79 Å². The summed E-state index contributed by atoms with van der Waals surface area (Å²) >= 11 is 0. The fourth-order valence-electron chi connectivity index (χ4n) is 11.3. The minimum atomic E-state index is -1.16. The number of carbonyl (C=O) groups is 3. The maximum absolute atomic E-state index is 15.6. The first-order valence-electron chi connectivity index (χ1n) is 30.0. The zero-order valence-corrected chi connectivity index (χ0v) is 49.7. The normalized spacial score (nSPS) is 25.4. The molecule has 87 heavy (non-hydrogen) atoms. The number of hydrogen-bond acceptors (Lipinski definition) is 15. The largest absolute Gasteiger partial charge is 0.460 e. The Morgan fingerprint density at radius 1 is 0.483 bits per heavy atom. The molecule has 17 nitrogen and oxygen atoms in total. The van der Waals surface area contributed by atoms with Crippen LogP contribution in [0.4, 0.5) is 4.79 Å². The van der Waals surface area contributed by atoms with E-state index in [0.29, 0.717) is 13.2 Å². The molecule has 2 amide bonds. The van der Waals surface area contributed by atoms with Gasteiger partial charge in [-0.25, -0.2) is 9.59 Å². The van der Waals surface area contributed by atoms with Gasteiger partial charge in [-0.2, -0.15) is 0 Å². The Bertz CT molecular complexity index is 3050. The van der Waals surface area contributed by atoms with E-state index in [-0.39, 0.29) is 72.2 Å². The van der Waals surface area contributed by atoms with E-state index in [4.69, 9.17) is 56.8 Å². The lowest BCUT2D eigenvalue weighted by Gasteiger charge is -2.31. The molecule has 0 bridgehead atoms. The molecule has 4 saturated heterocycles. The van der Waals surface area contributed by atoms with Crippen LogP contribution >= 0.6 is 0 Å². The summed E-state index contributed by atoms with van der Waals surface area (Å²) in [7, 11) is 0. The van der Waals surface area contributed by atoms with Crippen molar-refractivity contribution in [2.24, 2.45) is 0 Å². The molecule has 0 saturated carbocycles. The highest BCUT2D eigenvalue weighted by molar-refractivity contribution is 5.91. The molecule has 4 aliphatic heterocycles. The van der Waals surface area contributed by atoms with Gasteiger partial charge in [0.1, 0.15) is 60.9 Å². The van der Waals surface area contributed by atoms with E-state index in [9.17, 15) is 9.59 Å². The van der Waals surface area contributed by atoms with Crippen molar-refractivity contribution in [3.05, 3.63) is 228 Å². The summed E-state index contributed by atoms with van der Waals surface area (Å²) in [4.78, 5) is 47.1. The summed E-state index contributed by atoms with van der Waals surface area (Å²) in [5, 5.41) is 0. The van der Waals surface area contributed by atoms with Crippen LogP contribution in [0.3, 0.4) is 0 Å². The lowest BCUT2D eigenvalue weighted by molar-refractivity contribution is -0.204. The SMILES string of the molecule is C=CCOC(=O)[C@@H]1C[C@@H](O[C@H]2O[C@@H](COCc3ccccc3)[C@H](OCc3ccccc3)[C@H]2OCc2ccccc2)CN1C(=O)[C@@H]1C[C@@H](O[C@H]2O[C@@H](COCc3ccccc3)[C@H](OCc3ccccc3)[C@H]2OCc2ccccc2)CN1C(=O)OC(C)(C)C. The molecule has 460 valence electrons. The van der Waals surface area contributed by atoms with Gasteiger partial charge in [0.05, 0.1) is 71.6 Å². The van der Waals surface area contributed by atoms with E-state index < -0.39 is 97.1 Å². The van der Waals surface area contributed by atoms with Gasteiger partial charge in [-0.05, 0) is 54.2 Å². The van der Waals surface area contributed by atoms with Crippen LogP contribution in [-0.4, -0.2) is 140 Å². The van der Waals surface area contributed by atoms with Crippen molar-refractivity contribution in [2.75, 3.05) is 32.9 Å². The van der Waals surface area contributed by atoms with Crippen LogP contribution in [0.5, 0.6) is 0 Å². The van der Waals surface area contributed by atoms with Gasteiger partial charge < -0.3 is 61.7 Å². The minimum absolute atomic E-state index is 0.0106. The molecule has 0 aromatic heterocycles. The Morgan fingerprint density at radius 3 is 1.20 bits per heavy atom. The minimum Gasteiger partial charge on any atom is -0.460 e. The summed E-state index contributed by atoms with van der Waals surface area (Å²) in [5.74, 6) is -1.19. The van der Waals surface area contributed by atoms with Gasteiger partial charge in [0.2, 0.25) is 5.91 Å². The van der Waals surface area contributed by atoms with Crippen molar-refractivity contribution >= 4 is 18.0 Å². The predicted octanol–water partition coefficient (Wildman–Crippen LogP) is 10.3. The smallest absolute Gasteiger partial charge is 0.411 e. The van der Waals surface area contributed by atoms with E-state index in [1.807, 2.05) is 182 Å². The summed E-state index contributed by atoms with van der Waals surface area (Å²) in [6, 6.07) is 56.7. The highest BCUT2D eigenvalue weighted by Crippen LogP contribution is 2.37. The molecule has 6 aromatic rings. The van der Waals surface area contributed by atoms with Gasteiger partial charge in [0, 0.05) is 19.4 Å². The van der Waals surface area contributed by atoms with Crippen LogP contribution in [0.25, 0.3) is 0 Å². The van der Waals surface area contributed by atoms with Crippen molar-refractivity contribution in [1.82, 2.24) is 9.80 Å². The number of amides is 2. The number of esters is 1. The number of ether oxygens (including phenoxy) is 12. The first-order valence-corrected chi connectivity index (χ1v) is 30.0. The molecule has 6 aromatic carbocycles. The standard InChI is InChI=1S/C70H80N2O15/c1-5-36-78-66(74)58-38-56(84-68-64(82-46-54-34-22-11-23-35-54)62(80-44-52-30-18-9-19-31-52)60(86-68)48-77-42-50-26-14-7-15-27-50)39-71(58)65(73)57-37-55(40-72(57)69(75)87-70(2,3)4)83-67-63(81-45-53-32-20-10-21-33-53)61(79-43-51-28-16-8-17-29-51)59(85-67)47-76-41-49-24-12-6-13-25-49/h5-35,55-64,67-68H,1,36-48H2,2-4H3/t55-,56-,57+,58+,59+,60+,61+,62+,63-,64-,67+,68+/m1/s1. The Morgan fingerprint density at radius 2 is 0.828 bits per heavy atom. The lowest BCUT2D eigenvalue weighted by atomic mass is 10.1. The van der Waals surface area contributed by atoms with Gasteiger partial charge in [-0.3, -0.25) is 9.69 Å². The predicted molar refractivity (Wildman–Crippen MR) is 322 cm³/mol. The first kappa shape index (κ1) is 62.9. The van der Waals surface area contributed by atoms with Crippen LogP contribution in [0.1, 0.15) is 67.0 Å². The Kier molecular flexibility index (Phi) is 22.5. The molecule has 0 aliphatic carbocycles. The summed E-state index contributed by atoms with van der Waals surface area (Å²) in [6.45, 7) is 10.7. The molecule has 4 aliphatic rings. The Balaban J connectivity index is 0.907. The van der Waals surface area contributed by atoms with Gasteiger partial charge in [0.15, 0.2) is 12.6 Å². The molecular weight excluding hydrogens is 1110 g/mol. The third-order valence-electron chi connectivity index (χ3n) is 15.5. The average Bonchev–Trinajstić information content (AvgIpc) is 2.26. The molecule has 12 atom stereocenters. The molecule has 4 heterocycles. The van der Waals surface area contributed by atoms with Gasteiger partial charge in [-0.1, -0.05) is 195 Å². The molecule has 0 radical (unpaired) electrons. The van der Waals surface area contributed by atoms with Crippen LogP contribution in [-0.2, 0) is 106 Å². The van der Waals surface area contributed by atoms with E-state index in [2.05, 4.69) is 6.58 Å². The topological polar surface area (TPSA) is 168 Å². The van der Waals surface area contributed by atoms with Crippen molar-refractivity contribution in [3.8, 4) is 0 Å². The molecule has 17 heteroatoms. The highest BCUT2D eigenvalue weighted by atomic mass is 16.7. The number of hydrogen-bond donors (Lipinski definition) is 0.